The zero-order chi connectivity index (χ0) is 24.0. The summed E-state index contributed by atoms with van der Waals surface area (Å²) in [5.74, 6) is 0.152. The molecule has 5 nitrogen and oxygen atoms in total. The SMILES string of the molecule is Cc1ccc(C)c(N2C(=O)C(c3ccc(OC(C)C)cc3)=C(N3CCc4ccccc43)C2=O)c1. The van der Waals surface area contributed by atoms with Crippen LogP contribution in [0.2, 0.25) is 0 Å². The Morgan fingerprint density at radius 3 is 2.32 bits per heavy atom. The number of aryl methyl sites for hydroxylation is 2. The Bertz CT molecular complexity index is 1320. The molecule has 34 heavy (non-hydrogen) atoms. The van der Waals surface area contributed by atoms with Crippen LogP contribution in [0, 0.1) is 13.8 Å². The molecule has 5 rings (SSSR count). The highest BCUT2D eigenvalue weighted by molar-refractivity contribution is 6.46. The predicted molar refractivity (Wildman–Crippen MR) is 135 cm³/mol. The average molecular weight is 453 g/mol. The highest BCUT2D eigenvalue weighted by atomic mass is 16.5. The molecule has 0 saturated heterocycles. The van der Waals surface area contributed by atoms with Crippen molar-refractivity contribution in [1.29, 1.82) is 0 Å². The molecule has 0 fully saturated rings. The molecule has 2 aliphatic rings. The number of rotatable bonds is 5. The van der Waals surface area contributed by atoms with E-state index in [-0.39, 0.29) is 17.9 Å². The maximum Gasteiger partial charge on any atom is 0.282 e. The van der Waals surface area contributed by atoms with E-state index < -0.39 is 0 Å². The molecule has 2 aliphatic heterocycles. The van der Waals surface area contributed by atoms with Crippen molar-refractivity contribution >= 4 is 28.8 Å². The van der Waals surface area contributed by atoms with Gasteiger partial charge in [0, 0.05) is 12.2 Å². The van der Waals surface area contributed by atoms with Crippen LogP contribution >= 0.6 is 0 Å². The fourth-order valence-electron chi connectivity index (χ4n) is 4.75. The number of nitrogens with zero attached hydrogens (tertiary/aromatic N) is 2. The summed E-state index contributed by atoms with van der Waals surface area (Å²) in [6.07, 6.45) is 0.884. The van der Waals surface area contributed by atoms with Crippen LogP contribution in [0.3, 0.4) is 0 Å². The Labute approximate surface area is 200 Å². The van der Waals surface area contributed by atoms with Gasteiger partial charge in [0.05, 0.1) is 17.4 Å². The lowest BCUT2D eigenvalue weighted by Crippen LogP contribution is -2.35. The predicted octanol–water partition coefficient (Wildman–Crippen LogP) is 5.44. The van der Waals surface area contributed by atoms with E-state index in [1.165, 1.54) is 10.5 Å². The molecule has 5 heteroatoms. The van der Waals surface area contributed by atoms with Gasteiger partial charge in [-0.2, -0.15) is 0 Å². The molecule has 2 amide bonds. The number of hydrogen-bond acceptors (Lipinski definition) is 4. The van der Waals surface area contributed by atoms with Gasteiger partial charge >= 0.3 is 0 Å². The van der Waals surface area contributed by atoms with Crippen molar-refractivity contribution in [3.8, 4) is 5.75 Å². The highest BCUT2D eigenvalue weighted by Crippen LogP contribution is 2.41. The molecule has 0 atom stereocenters. The molecule has 0 unspecified atom stereocenters. The summed E-state index contributed by atoms with van der Waals surface area (Å²) < 4.78 is 5.78. The normalized spacial score (nSPS) is 15.6. The van der Waals surface area contributed by atoms with Crippen LogP contribution < -0.4 is 14.5 Å². The van der Waals surface area contributed by atoms with Gasteiger partial charge in [0.25, 0.3) is 11.8 Å². The Morgan fingerprint density at radius 1 is 0.853 bits per heavy atom. The van der Waals surface area contributed by atoms with Gasteiger partial charge in [0.2, 0.25) is 0 Å². The largest absolute Gasteiger partial charge is 0.491 e. The first-order chi connectivity index (χ1) is 16.3. The van der Waals surface area contributed by atoms with Crippen molar-refractivity contribution in [2.75, 3.05) is 16.3 Å². The molecule has 3 aromatic carbocycles. The minimum absolute atomic E-state index is 0.0520. The van der Waals surface area contributed by atoms with Gasteiger partial charge in [0.1, 0.15) is 11.4 Å². The molecule has 172 valence electrons. The highest BCUT2D eigenvalue weighted by Gasteiger charge is 2.44. The second-order valence-corrected chi connectivity index (χ2v) is 9.18. The monoisotopic (exact) mass is 452 g/mol. The maximum atomic E-state index is 14.0. The molecule has 0 saturated carbocycles. The summed E-state index contributed by atoms with van der Waals surface area (Å²) in [7, 11) is 0. The topological polar surface area (TPSA) is 49.9 Å². The van der Waals surface area contributed by atoms with Crippen LogP contribution in [-0.2, 0) is 16.0 Å². The molecule has 0 radical (unpaired) electrons. The van der Waals surface area contributed by atoms with Gasteiger partial charge < -0.3 is 9.64 Å². The van der Waals surface area contributed by atoms with E-state index in [0.717, 1.165) is 29.0 Å². The van der Waals surface area contributed by atoms with E-state index in [4.69, 9.17) is 4.74 Å². The van der Waals surface area contributed by atoms with Crippen LogP contribution in [0.1, 0.15) is 36.1 Å². The lowest BCUT2D eigenvalue weighted by atomic mass is 10.0. The number of carbonyl (C=O) groups excluding carboxylic acids is 2. The van der Waals surface area contributed by atoms with E-state index in [9.17, 15) is 9.59 Å². The number of ether oxygens (including phenoxy) is 1. The smallest absolute Gasteiger partial charge is 0.282 e. The van der Waals surface area contributed by atoms with Crippen LogP contribution in [0.25, 0.3) is 5.57 Å². The average Bonchev–Trinajstić information content (AvgIpc) is 3.34. The van der Waals surface area contributed by atoms with E-state index in [2.05, 4.69) is 6.07 Å². The number of benzene rings is 3. The molecule has 0 aliphatic carbocycles. The second-order valence-electron chi connectivity index (χ2n) is 9.18. The third kappa shape index (κ3) is 3.67. The third-order valence-electron chi connectivity index (χ3n) is 6.34. The zero-order valence-electron chi connectivity index (χ0n) is 20.0. The number of anilines is 2. The van der Waals surface area contributed by atoms with Gasteiger partial charge in [-0.3, -0.25) is 9.59 Å². The molecule has 0 N–H and O–H groups in total. The lowest BCUT2D eigenvalue weighted by molar-refractivity contribution is -0.120. The number of para-hydroxylation sites is 1. The Hall–Kier alpha value is -3.86. The van der Waals surface area contributed by atoms with E-state index in [1.807, 2.05) is 93.3 Å². The first kappa shape index (κ1) is 22.0. The van der Waals surface area contributed by atoms with Crippen LogP contribution in [-0.4, -0.2) is 24.5 Å². The van der Waals surface area contributed by atoms with Crippen molar-refractivity contribution in [2.45, 2.75) is 40.2 Å². The van der Waals surface area contributed by atoms with Gasteiger partial charge in [-0.1, -0.05) is 42.5 Å². The summed E-state index contributed by atoms with van der Waals surface area (Å²) in [6.45, 7) is 8.50. The molecule has 0 aromatic heterocycles. The molecular formula is C29H28N2O3. The van der Waals surface area contributed by atoms with Gasteiger partial charge in [-0.15, -0.1) is 0 Å². The zero-order valence-corrected chi connectivity index (χ0v) is 20.0. The van der Waals surface area contributed by atoms with Crippen LogP contribution in [0.15, 0.2) is 72.4 Å². The first-order valence-corrected chi connectivity index (χ1v) is 11.7. The first-order valence-electron chi connectivity index (χ1n) is 11.7. The summed E-state index contributed by atoms with van der Waals surface area (Å²) in [6, 6.07) is 21.4. The fraction of sp³-hybridized carbons (Fsp3) is 0.241. The summed E-state index contributed by atoms with van der Waals surface area (Å²) in [5, 5.41) is 0. The summed E-state index contributed by atoms with van der Waals surface area (Å²) in [5.41, 5.74) is 6.26. The summed E-state index contributed by atoms with van der Waals surface area (Å²) in [4.78, 5) is 31.2. The minimum atomic E-state index is -0.296. The van der Waals surface area contributed by atoms with Crippen molar-refractivity contribution in [1.82, 2.24) is 0 Å². The standard InChI is InChI=1S/C29H28N2O3/c1-18(2)34-23-13-11-22(12-14-23)26-27(30-16-15-21-7-5-6-8-24(21)30)29(33)31(28(26)32)25-17-19(3)9-10-20(25)4/h5-14,17-18H,15-16H2,1-4H3. The van der Waals surface area contributed by atoms with Gasteiger partial charge in [0.15, 0.2) is 0 Å². The molecule has 3 aromatic rings. The van der Waals surface area contributed by atoms with E-state index in [0.29, 0.717) is 29.1 Å². The molecule has 2 heterocycles. The van der Waals surface area contributed by atoms with Crippen molar-refractivity contribution in [3.63, 3.8) is 0 Å². The molecule has 0 bridgehead atoms. The Kier molecular flexibility index (Phi) is 5.48. The number of amides is 2. The molecule has 0 spiro atoms. The number of carbonyl (C=O) groups is 2. The minimum Gasteiger partial charge on any atom is -0.491 e. The number of imide groups is 1. The Balaban J connectivity index is 1.65. The summed E-state index contributed by atoms with van der Waals surface area (Å²) >= 11 is 0. The maximum absolute atomic E-state index is 14.0. The van der Waals surface area contributed by atoms with E-state index in [1.54, 1.807) is 0 Å². The lowest BCUT2D eigenvalue weighted by Gasteiger charge is -2.22. The number of fused-ring (bicyclic) bond motifs is 1. The molecular weight excluding hydrogens is 424 g/mol. The van der Waals surface area contributed by atoms with Crippen molar-refractivity contribution < 1.29 is 14.3 Å². The Morgan fingerprint density at radius 2 is 1.59 bits per heavy atom. The third-order valence-corrected chi connectivity index (χ3v) is 6.34. The van der Waals surface area contributed by atoms with Gasteiger partial charge in [-0.05, 0) is 80.6 Å². The second kappa shape index (κ2) is 8.49. The fourth-order valence-corrected chi connectivity index (χ4v) is 4.75. The van der Waals surface area contributed by atoms with Crippen molar-refractivity contribution in [2.24, 2.45) is 0 Å². The number of hydrogen-bond donors (Lipinski definition) is 0. The van der Waals surface area contributed by atoms with Crippen molar-refractivity contribution in [3.05, 3.63) is 94.7 Å². The van der Waals surface area contributed by atoms with Crippen LogP contribution in [0.4, 0.5) is 11.4 Å². The quantitative estimate of drug-likeness (QED) is 0.484. The van der Waals surface area contributed by atoms with Crippen LogP contribution in [0.5, 0.6) is 5.75 Å². The van der Waals surface area contributed by atoms with Gasteiger partial charge in [-0.25, -0.2) is 4.90 Å². The van der Waals surface area contributed by atoms with E-state index >= 15 is 0 Å².